The summed E-state index contributed by atoms with van der Waals surface area (Å²) in [7, 11) is 1.64. The van der Waals surface area contributed by atoms with Gasteiger partial charge in [-0.15, -0.1) is 0 Å². The van der Waals surface area contributed by atoms with E-state index in [1.165, 1.54) is 37.8 Å². The summed E-state index contributed by atoms with van der Waals surface area (Å²) < 4.78 is 19.9. The largest absolute Gasteiger partial charge is 0.507 e. The van der Waals surface area contributed by atoms with Crippen molar-refractivity contribution >= 4 is 33.2 Å². The van der Waals surface area contributed by atoms with Crippen LogP contribution >= 0.6 is 0 Å². The van der Waals surface area contributed by atoms with Crippen molar-refractivity contribution in [2.75, 3.05) is 38.6 Å². The molecule has 0 spiro atoms. The zero-order valence-electron chi connectivity index (χ0n) is 21.3. The standard InChI is InChI=1S/C30H33FN4O2/c1-37-24-7-9-28-26(17-24)29(25-16-22(31)6-8-27(25)33-28)32-23-14-20(18-34-10-2-3-11-34)30(36)21(15-23)19-35-12-4-5-13-35/h6-9,14-17,36H,2-5,10-13,18-19H2,1H3,(H,32,33). The Labute approximate surface area is 216 Å². The zero-order chi connectivity index (χ0) is 25.4. The molecule has 0 radical (unpaired) electrons. The van der Waals surface area contributed by atoms with Gasteiger partial charge in [0.1, 0.15) is 17.3 Å². The molecule has 3 heterocycles. The van der Waals surface area contributed by atoms with Gasteiger partial charge in [0.2, 0.25) is 0 Å². The number of anilines is 2. The van der Waals surface area contributed by atoms with Gasteiger partial charge >= 0.3 is 0 Å². The first-order valence-corrected chi connectivity index (χ1v) is 13.2. The quantitative estimate of drug-likeness (QED) is 0.234. The van der Waals surface area contributed by atoms with Crippen molar-refractivity contribution in [2.24, 2.45) is 0 Å². The van der Waals surface area contributed by atoms with E-state index in [0.29, 0.717) is 30.0 Å². The van der Waals surface area contributed by atoms with Crippen LogP contribution in [-0.2, 0) is 13.1 Å². The number of aromatic nitrogens is 1. The Morgan fingerprint density at radius 1 is 0.838 bits per heavy atom. The molecule has 6 rings (SSSR count). The molecule has 7 heteroatoms. The van der Waals surface area contributed by atoms with E-state index in [9.17, 15) is 9.50 Å². The minimum atomic E-state index is -0.310. The summed E-state index contributed by atoms with van der Waals surface area (Å²) >= 11 is 0. The number of methoxy groups -OCH3 is 1. The summed E-state index contributed by atoms with van der Waals surface area (Å²) in [5.41, 5.74) is 5.02. The summed E-state index contributed by atoms with van der Waals surface area (Å²) in [5.74, 6) is 0.791. The second kappa shape index (κ2) is 10.1. The molecule has 4 aromatic rings. The van der Waals surface area contributed by atoms with Crippen LogP contribution in [0, 0.1) is 5.82 Å². The third-order valence-electron chi connectivity index (χ3n) is 7.66. The number of likely N-dealkylation sites (tertiary alicyclic amines) is 2. The highest BCUT2D eigenvalue weighted by Gasteiger charge is 2.20. The molecule has 0 atom stereocenters. The van der Waals surface area contributed by atoms with Gasteiger partial charge in [-0.25, -0.2) is 9.37 Å². The first-order valence-electron chi connectivity index (χ1n) is 13.2. The fourth-order valence-corrected chi connectivity index (χ4v) is 5.74. The molecule has 2 fully saturated rings. The van der Waals surface area contributed by atoms with Gasteiger partial charge in [0, 0.05) is 40.7 Å². The SMILES string of the molecule is COc1ccc2nc3ccc(F)cc3c(Nc3cc(CN4CCCC4)c(O)c(CN4CCCC4)c3)c2c1. The van der Waals surface area contributed by atoms with Crippen LogP contribution in [0.1, 0.15) is 36.8 Å². The van der Waals surface area contributed by atoms with Gasteiger partial charge in [0.05, 0.1) is 23.8 Å². The lowest BCUT2D eigenvalue weighted by Gasteiger charge is -2.22. The third-order valence-corrected chi connectivity index (χ3v) is 7.66. The van der Waals surface area contributed by atoms with E-state index >= 15 is 0 Å². The van der Waals surface area contributed by atoms with Crippen molar-refractivity contribution in [3.63, 3.8) is 0 Å². The third kappa shape index (κ3) is 4.93. The predicted octanol–water partition coefficient (Wildman–Crippen LogP) is 6.18. The van der Waals surface area contributed by atoms with Crippen LogP contribution in [0.15, 0.2) is 48.5 Å². The summed E-state index contributed by atoms with van der Waals surface area (Å²) in [4.78, 5) is 9.56. The Kier molecular flexibility index (Phi) is 6.57. The molecular weight excluding hydrogens is 467 g/mol. The van der Waals surface area contributed by atoms with Gasteiger partial charge in [-0.3, -0.25) is 9.80 Å². The number of hydrogen-bond acceptors (Lipinski definition) is 6. The average Bonchev–Trinajstić information content (AvgIpc) is 3.61. The number of phenolic OH excluding ortho intramolecular Hbond substituents is 1. The molecule has 6 nitrogen and oxygen atoms in total. The smallest absolute Gasteiger partial charge is 0.124 e. The van der Waals surface area contributed by atoms with Gasteiger partial charge in [-0.05, 0) is 100 Å². The molecule has 3 aromatic carbocycles. The molecule has 0 unspecified atom stereocenters. The Bertz CT molecular complexity index is 1410. The van der Waals surface area contributed by atoms with Crippen molar-refractivity contribution in [3.05, 3.63) is 65.5 Å². The number of ether oxygens (including phenoxy) is 1. The number of nitrogens with one attached hydrogen (secondary N) is 1. The summed E-state index contributed by atoms with van der Waals surface area (Å²) in [6.45, 7) is 5.65. The lowest BCUT2D eigenvalue weighted by atomic mass is 10.0. The van der Waals surface area contributed by atoms with Crippen molar-refractivity contribution in [2.45, 2.75) is 38.8 Å². The second-order valence-corrected chi connectivity index (χ2v) is 10.3. The maximum atomic E-state index is 14.4. The van der Waals surface area contributed by atoms with E-state index in [-0.39, 0.29) is 5.82 Å². The molecule has 0 bridgehead atoms. The number of benzene rings is 3. The average molecular weight is 501 g/mol. The van der Waals surface area contributed by atoms with Gasteiger partial charge in [0.25, 0.3) is 0 Å². The maximum absolute atomic E-state index is 14.4. The van der Waals surface area contributed by atoms with Crippen LogP contribution in [0.5, 0.6) is 11.5 Å². The fourth-order valence-electron chi connectivity index (χ4n) is 5.74. The second-order valence-electron chi connectivity index (χ2n) is 10.3. The van der Waals surface area contributed by atoms with E-state index < -0.39 is 0 Å². The van der Waals surface area contributed by atoms with Crippen molar-refractivity contribution < 1.29 is 14.2 Å². The lowest BCUT2D eigenvalue weighted by molar-refractivity contribution is 0.312. The highest BCUT2D eigenvalue weighted by atomic mass is 19.1. The van der Waals surface area contributed by atoms with Crippen LogP contribution in [0.3, 0.4) is 0 Å². The number of nitrogens with zero attached hydrogens (tertiary/aromatic N) is 3. The molecule has 2 saturated heterocycles. The Balaban J connectivity index is 1.47. The highest BCUT2D eigenvalue weighted by Crippen LogP contribution is 2.38. The highest BCUT2D eigenvalue weighted by molar-refractivity contribution is 6.09. The number of rotatable bonds is 7. The maximum Gasteiger partial charge on any atom is 0.124 e. The van der Waals surface area contributed by atoms with Crippen LogP contribution in [0.2, 0.25) is 0 Å². The molecular formula is C30H33FN4O2. The van der Waals surface area contributed by atoms with Crippen LogP contribution < -0.4 is 10.1 Å². The Morgan fingerprint density at radius 3 is 2.00 bits per heavy atom. The van der Waals surface area contributed by atoms with Crippen molar-refractivity contribution in [1.29, 1.82) is 0 Å². The molecule has 0 amide bonds. The van der Waals surface area contributed by atoms with Crippen LogP contribution in [0.4, 0.5) is 15.8 Å². The molecule has 2 N–H and O–H groups in total. The number of hydrogen-bond donors (Lipinski definition) is 2. The minimum absolute atomic E-state index is 0.310. The molecule has 2 aliphatic rings. The topological polar surface area (TPSA) is 60.9 Å². The molecule has 0 aliphatic carbocycles. The molecule has 37 heavy (non-hydrogen) atoms. The van der Waals surface area contributed by atoms with Crippen molar-refractivity contribution in [1.82, 2.24) is 14.8 Å². The Hall–Kier alpha value is -3.42. The van der Waals surface area contributed by atoms with Gasteiger partial charge < -0.3 is 15.2 Å². The monoisotopic (exact) mass is 500 g/mol. The molecule has 192 valence electrons. The summed E-state index contributed by atoms with van der Waals surface area (Å²) in [5, 5.41) is 16.5. The van der Waals surface area contributed by atoms with E-state index in [0.717, 1.165) is 65.1 Å². The first-order chi connectivity index (χ1) is 18.1. The summed E-state index contributed by atoms with van der Waals surface area (Å²) in [6.07, 6.45) is 4.78. The molecule has 1 aromatic heterocycles. The number of fused-ring (bicyclic) bond motifs is 2. The number of pyridine rings is 1. The van der Waals surface area contributed by atoms with E-state index in [1.54, 1.807) is 13.2 Å². The number of aromatic hydroxyl groups is 1. The van der Waals surface area contributed by atoms with Crippen LogP contribution in [0.25, 0.3) is 21.8 Å². The van der Waals surface area contributed by atoms with Gasteiger partial charge in [0.15, 0.2) is 0 Å². The van der Waals surface area contributed by atoms with Gasteiger partial charge in [-0.1, -0.05) is 0 Å². The predicted molar refractivity (Wildman–Crippen MR) is 146 cm³/mol. The van der Waals surface area contributed by atoms with E-state index in [1.807, 2.05) is 30.3 Å². The first kappa shape index (κ1) is 23.9. The van der Waals surface area contributed by atoms with Crippen molar-refractivity contribution in [3.8, 4) is 11.5 Å². The normalized spacial score (nSPS) is 16.7. The molecule has 2 aliphatic heterocycles. The Morgan fingerprint density at radius 2 is 1.41 bits per heavy atom. The van der Waals surface area contributed by atoms with Gasteiger partial charge in [-0.2, -0.15) is 0 Å². The van der Waals surface area contributed by atoms with E-state index in [2.05, 4.69) is 15.1 Å². The minimum Gasteiger partial charge on any atom is -0.507 e. The zero-order valence-corrected chi connectivity index (χ0v) is 21.3. The fraction of sp³-hybridized carbons (Fsp3) is 0.367. The molecule has 0 saturated carbocycles. The number of phenols is 1. The lowest BCUT2D eigenvalue weighted by Crippen LogP contribution is -2.20. The number of halogens is 1. The van der Waals surface area contributed by atoms with Crippen LogP contribution in [-0.4, -0.2) is 53.2 Å². The van der Waals surface area contributed by atoms with E-state index in [4.69, 9.17) is 9.72 Å². The summed E-state index contributed by atoms with van der Waals surface area (Å²) in [6, 6.07) is 14.5.